The fourth-order valence-electron chi connectivity index (χ4n) is 1.50. The number of hydrogen-bond acceptors (Lipinski definition) is 4. The number of nitrogens with one attached hydrogen (secondary N) is 1. The lowest BCUT2D eigenvalue weighted by atomic mass is 10.2. The second-order valence-corrected chi connectivity index (χ2v) is 4.72. The molecule has 0 amide bonds. The van der Waals surface area contributed by atoms with Crippen LogP contribution in [0.4, 0.5) is 4.39 Å². The number of rotatable bonds is 9. The highest BCUT2D eigenvalue weighted by Gasteiger charge is 2.07. The van der Waals surface area contributed by atoms with E-state index in [1.165, 1.54) is 12.3 Å². The van der Waals surface area contributed by atoms with Gasteiger partial charge >= 0.3 is 0 Å². The Morgan fingerprint density at radius 1 is 1.37 bits per heavy atom. The first-order valence-electron chi connectivity index (χ1n) is 6.69. The lowest BCUT2D eigenvalue weighted by molar-refractivity contribution is 0.0802. The van der Waals surface area contributed by atoms with E-state index in [0.717, 1.165) is 12.1 Å². The summed E-state index contributed by atoms with van der Waals surface area (Å²) in [5.41, 5.74) is 0.728. The molecule has 0 aliphatic heterocycles. The van der Waals surface area contributed by atoms with Crippen molar-refractivity contribution in [2.75, 3.05) is 26.4 Å². The van der Waals surface area contributed by atoms with Gasteiger partial charge in [-0.15, -0.1) is 0 Å². The predicted octanol–water partition coefficient (Wildman–Crippen LogP) is 2.38. The van der Waals surface area contributed by atoms with Gasteiger partial charge in [-0.25, -0.2) is 9.37 Å². The molecular formula is C14H23FN2O2. The molecule has 1 aromatic rings. The van der Waals surface area contributed by atoms with E-state index < -0.39 is 0 Å². The van der Waals surface area contributed by atoms with Crippen LogP contribution in [0.3, 0.4) is 0 Å². The second-order valence-electron chi connectivity index (χ2n) is 4.72. The highest BCUT2D eigenvalue weighted by atomic mass is 19.1. The molecule has 0 atom stereocenters. The first-order chi connectivity index (χ1) is 9.13. The van der Waals surface area contributed by atoms with Crippen molar-refractivity contribution in [1.29, 1.82) is 0 Å². The van der Waals surface area contributed by atoms with Crippen LogP contribution in [0.2, 0.25) is 0 Å². The third-order valence-corrected chi connectivity index (χ3v) is 2.38. The summed E-state index contributed by atoms with van der Waals surface area (Å²) in [6, 6.07) is 1.44. The molecule has 5 heteroatoms. The second kappa shape index (κ2) is 8.82. The molecule has 1 N–H and O–H groups in total. The monoisotopic (exact) mass is 270 g/mol. The van der Waals surface area contributed by atoms with E-state index >= 15 is 0 Å². The summed E-state index contributed by atoms with van der Waals surface area (Å²) >= 11 is 0. The minimum Gasteiger partial charge on any atom is -0.475 e. The van der Waals surface area contributed by atoms with Crippen LogP contribution in [-0.4, -0.2) is 31.3 Å². The summed E-state index contributed by atoms with van der Waals surface area (Å²) < 4.78 is 24.1. The van der Waals surface area contributed by atoms with E-state index in [2.05, 4.69) is 24.1 Å². The number of ether oxygens (including phenoxy) is 2. The summed E-state index contributed by atoms with van der Waals surface area (Å²) in [6.45, 7) is 9.19. The van der Waals surface area contributed by atoms with Gasteiger partial charge in [0.05, 0.1) is 12.8 Å². The fraction of sp³-hybridized carbons (Fsp3) is 0.643. The highest BCUT2D eigenvalue weighted by molar-refractivity contribution is 5.26. The van der Waals surface area contributed by atoms with Gasteiger partial charge in [-0.1, -0.05) is 20.8 Å². The van der Waals surface area contributed by atoms with Gasteiger partial charge < -0.3 is 14.8 Å². The Labute approximate surface area is 114 Å². The lowest BCUT2D eigenvalue weighted by Gasteiger charge is -2.11. The zero-order valence-electron chi connectivity index (χ0n) is 11.9. The van der Waals surface area contributed by atoms with E-state index in [1.807, 2.05) is 6.92 Å². The number of pyridine rings is 1. The standard InChI is InChI=1S/C14H23FN2O2/c1-4-16-8-12-7-13(15)9-17-14(12)19-6-5-18-10-11(2)3/h7,9,11,16H,4-6,8,10H2,1-3H3. The molecule has 0 aromatic carbocycles. The molecule has 0 bridgehead atoms. The topological polar surface area (TPSA) is 43.4 Å². The molecule has 0 saturated heterocycles. The molecule has 0 unspecified atom stereocenters. The van der Waals surface area contributed by atoms with Gasteiger partial charge in [-0.05, 0) is 18.5 Å². The molecule has 108 valence electrons. The maximum absolute atomic E-state index is 13.1. The van der Waals surface area contributed by atoms with Crippen LogP contribution < -0.4 is 10.1 Å². The van der Waals surface area contributed by atoms with E-state index in [4.69, 9.17) is 9.47 Å². The smallest absolute Gasteiger partial charge is 0.218 e. The van der Waals surface area contributed by atoms with Crippen molar-refractivity contribution in [2.45, 2.75) is 27.3 Å². The molecular weight excluding hydrogens is 247 g/mol. The SMILES string of the molecule is CCNCc1cc(F)cnc1OCCOCC(C)C. The molecule has 1 heterocycles. The molecule has 0 radical (unpaired) electrons. The molecule has 0 saturated carbocycles. The van der Waals surface area contributed by atoms with Crippen LogP contribution in [0, 0.1) is 11.7 Å². The Kier molecular flexibility index (Phi) is 7.36. The van der Waals surface area contributed by atoms with E-state index in [9.17, 15) is 4.39 Å². The fourth-order valence-corrected chi connectivity index (χ4v) is 1.50. The minimum atomic E-state index is -0.351. The highest BCUT2D eigenvalue weighted by Crippen LogP contribution is 2.15. The van der Waals surface area contributed by atoms with Crippen molar-refractivity contribution in [3.05, 3.63) is 23.6 Å². The Morgan fingerprint density at radius 2 is 2.16 bits per heavy atom. The van der Waals surface area contributed by atoms with E-state index in [0.29, 0.717) is 38.2 Å². The number of nitrogens with zero attached hydrogens (tertiary/aromatic N) is 1. The number of aromatic nitrogens is 1. The number of hydrogen-bond donors (Lipinski definition) is 1. The summed E-state index contributed by atoms with van der Waals surface area (Å²) in [6.07, 6.45) is 1.17. The Balaban J connectivity index is 2.43. The molecule has 4 nitrogen and oxygen atoms in total. The van der Waals surface area contributed by atoms with Crippen LogP contribution in [0.5, 0.6) is 5.88 Å². The minimum absolute atomic E-state index is 0.351. The van der Waals surface area contributed by atoms with Crippen LogP contribution in [0.25, 0.3) is 0 Å². The first kappa shape index (κ1) is 15.9. The first-order valence-corrected chi connectivity index (χ1v) is 6.69. The molecule has 1 aromatic heterocycles. The molecule has 0 fully saturated rings. The molecule has 0 aliphatic carbocycles. The van der Waals surface area contributed by atoms with Crippen molar-refractivity contribution in [3.63, 3.8) is 0 Å². The van der Waals surface area contributed by atoms with Gasteiger partial charge in [-0.2, -0.15) is 0 Å². The maximum Gasteiger partial charge on any atom is 0.218 e. The molecule has 1 rings (SSSR count). The van der Waals surface area contributed by atoms with Crippen molar-refractivity contribution >= 4 is 0 Å². The molecule has 19 heavy (non-hydrogen) atoms. The predicted molar refractivity (Wildman–Crippen MR) is 72.7 cm³/mol. The summed E-state index contributed by atoms with van der Waals surface area (Å²) in [7, 11) is 0. The molecule has 0 aliphatic rings. The van der Waals surface area contributed by atoms with Crippen molar-refractivity contribution in [1.82, 2.24) is 10.3 Å². The van der Waals surface area contributed by atoms with Crippen molar-refractivity contribution in [3.8, 4) is 5.88 Å². The van der Waals surface area contributed by atoms with Gasteiger partial charge in [0, 0.05) is 18.7 Å². The van der Waals surface area contributed by atoms with Crippen LogP contribution in [0.15, 0.2) is 12.3 Å². The zero-order chi connectivity index (χ0) is 14.1. The van der Waals surface area contributed by atoms with Crippen LogP contribution >= 0.6 is 0 Å². The maximum atomic E-state index is 13.1. The van der Waals surface area contributed by atoms with Crippen LogP contribution in [-0.2, 0) is 11.3 Å². The normalized spacial score (nSPS) is 11.0. The third-order valence-electron chi connectivity index (χ3n) is 2.38. The Hall–Kier alpha value is -1.20. The van der Waals surface area contributed by atoms with E-state index in [1.54, 1.807) is 0 Å². The zero-order valence-corrected chi connectivity index (χ0v) is 11.9. The third kappa shape index (κ3) is 6.50. The number of halogens is 1. The van der Waals surface area contributed by atoms with Crippen molar-refractivity contribution < 1.29 is 13.9 Å². The quantitative estimate of drug-likeness (QED) is 0.700. The van der Waals surface area contributed by atoms with E-state index in [-0.39, 0.29) is 5.82 Å². The largest absolute Gasteiger partial charge is 0.475 e. The lowest BCUT2D eigenvalue weighted by Crippen LogP contribution is -2.15. The van der Waals surface area contributed by atoms with Gasteiger partial charge in [0.25, 0.3) is 0 Å². The average Bonchev–Trinajstić information content (AvgIpc) is 2.37. The average molecular weight is 270 g/mol. The van der Waals surface area contributed by atoms with Crippen LogP contribution in [0.1, 0.15) is 26.3 Å². The Morgan fingerprint density at radius 3 is 2.84 bits per heavy atom. The van der Waals surface area contributed by atoms with Gasteiger partial charge in [0.1, 0.15) is 12.4 Å². The Bertz CT molecular complexity index is 372. The van der Waals surface area contributed by atoms with Gasteiger partial charge in [-0.3, -0.25) is 0 Å². The molecule has 0 spiro atoms. The van der Waals surface area contributed by atoms with Gasteiger partial charge in [0.15, 0.2) is 0 Å². The van der Waals surface area contributed by atoms with Crippen molar-refractivity contribution in [2.24, 2.45) is 5.92 Å². The van der Waals surface area contributed by atoms with Gasteiger partial charge in [0.2, 0.25) is 5.88 Å². The summed E-state index contributed by atoms with van der Waals surface area (Å²) in [5.74, 6) is 0.625. The summed E-state index contributed by atoms with van der Waals surface area (Å²) in [5, 5.41) is 3.13. The summed E-state index contributed by atoms with van der Waals surface area (Å²) in [4.78, 5) is 3.97.